The van der Waals surface area contributed by atoms with Gasteiger partial charge in [0.15, 0.2) is 0 Å². The lowest BCUT2D eigenvalue weighted by atomic mass is 9.87. The largest absolute Gasteiger partial charge is 0.397 e. The van der Waals surface area contributed by atoms with Gasteiger partial charge in [0.2, 0.25) is 0 Å². The Balaban J connectivity index is 1.84. The van der Waals surface area contributed by atoms with Crippen LogP contribution in [-0.2, 0) is 0 Å². The molecule has 0 aromatic heterocycles. The van der Waals surface area contributed by atoms with Gasteiger partial charge in [-0.1, -0.05) is 32.1 Å². The van der Waals surface area contributed by atoms with Gasteiger partial charge in [-0.15, -0.1) is 0 Å². The number of rotatable bonds is 4. The highest BCUT2D eigenvalue weighted by atomic mass is 19.1. The predicted octanol–water partition coefficient (Wildman–Crippen LogP) is 4.10. The Bertz CT molecular complexity index is 398. The normalized spacial score (nSPS) is 16.8. The van der Waals surface area contributed by atoms with Crippen LogP contribution in [-0.4, -0.2) is 6.54 Å². The Morgan fingerprint density at radius 3 is 2.72 bits per heavy atom. The van der Waals surface area contributed by atoms with Crippen molar-refractivity contribution < 1.29 is 4.39 Å². The maximum Gasteiger partial charge on any atom is 0.128 e. The number of aryl methyl sites for hydroxylation is 1. The van der Waals surface area contributed by atoms with Crippen molar-refractivity contribution in [3.63, 3.8) is 0 Å². The molecule has 1 aliphatic carbocycles. The number of nitrogens with two attached hydrogens (primary N) is 1. The first kappa shape index (κ1) is 13.2. The Kier molecular flexibility index (Phi) is 4.45. The summed E-state index contributed by atoms with van der Waals surface area (Å²) in [5, 5.41) is 3.34. The van der Waals surface area contributed by atoms with Gasteiger partial charge in [0.1, 0.15) is 5.82 Å². The van der Waals surface area contributed by atoms with E-state index in [1.807, 2.05) is 0 Å². The zero-order valence-electron chi connectivity index (χ0n) is 11.1. The Hall–Kier alpha value is -1.25. The number of halogens is 1. The van der Waals surface area contributed by atoms with Crippen molar-refractivity contribution in [2.24, 2.45) is 5.92 Å². The molecule has 0 bridgehead atoms. The Morgan fingerprint density at radius 2 is 2.00 bits per heavy atom. The second-order valence-corrected chi connectivity index (χ2v) is 5.41. The van der Waals surface area contributed by atoms with Crippen LogP contribution < -0.4 is 11.1 Å². The van der Waals surface area contributed by atoms with Crippen LogP contribution in [0, 0.1) is 18.7 Å². The van der Waals surface area contributed by atoms with Gasteiger partial charge in [0.25, 0.3) is 0 Å². The summed E-state index contributed by atoms with van der Waals surface area (Å²) < 4.78 is 13.3. The summed E-state index contributed by atoms with van der Waals surface area (Å²) in [5.41, 5.74) is 7.82. The first-order valence-electron chi connectivity index (χ1n) is 6.96. The topological polar surface area (TPSA) is 38.0 Å². The van der Waals surface area contributed by atoms with E-state index in [0.717, 1.165) is 18.2 Å². The van der Waals surface area contributed by atoms with Gasteiger partial charge in [-0.3, -0.25) is 0 Å². The van der Waals surface area contributed by atoms with Crippen molar-refractivity contribution in [3.05, 3.63) is 23.5 Å². The third-order valence-corrected chi connectivity index (χ3v) is 3.92. The minimum Gasteiger partial charge on any atom is -0.397 e. The van der Waals surface area contributed by atoms with E-state index < -0.39 is 0 Å². The third-order valence-electron chi connectivity index (χ3n) is 3.92. The highest BCUT2D eigenvalue weighted by Crippen LogP contribution is 2.27. The molecule has 0 spiro atoms. The first-order chi connectivity index (χ1) is 8.66. The highest BCUT2D eigenvalue weighted by Gasteiger charge is 2.13. The van der Waals surface area contributed by atoms with Gasteiger partial charge in [0, 0.05) is 6.54 Å². The van der Waals surface area contributed by atoms with Crippen LogP contribution in [0.4, 0.5) is 15.8 Å². The van der Waals surface area contributed by atoms with Crippen LogP contribution in [0.15, 0.2) is 12.1 Å². The average Bonchev–Trinajstić information content (AvgIpc) is 2.37. The summed E-state index contributed by atoms with van der Waals surface area (Å²) in [6, 6.07) is 3.20. The number of benzene rings is 1. The molecule has 0 radical (unpaired) electrons. The molecule has 0 amide bonds. The smallest absolute Gasteiger partial charge is 0.128 e. The second kappa shape index (κ2) is 6.07. The molecule has 1 aliphatic rings. The molecule has 0 aliphatic heterocycles. The predicted molar refractivity (Wildman–Crippen MR) is 75.2 cm³/mol. The maximum atomic E-state index is 13.3. The van der Waals surface area contributed by atoms with Crippen LogP contribution >= 0.6 is 0 Å². The van der Waals surface area contributed by atoms with E-state index >= 15 is 0 Å². The van der Waals surface area contributed by atoms with E-state index in [-0.39, 0.29) is 5.82 Å². The second-order valence-electron chi connectivity index (χ2n) is 5.41. The summed E-state index contributed by atoms with van der Waals surface area (Å²) in [7, 11) is 0. The molecule has 1 saturated carbocycles. The van der Waals surface area contributed by atoms with Crippen molar-refractivity contribution in [2.45, 2.75) is 45.4 Å². The highest BCUT2D eigenvalue weighted by molar-refractivity contribution is 5.67. The number of hydrogen-bond donors (Lipinski definition) is 2. The van der Waals surface area contributed by atoms with Crippen LogP contribution in [0.2, 0.25) is 0 Å². The minimum atomic E-state index is -0.231. The van der Waals surface area contributed by atoms with Crippen LogP contribution in [0.25, 0.3) is 0 Å². The summed E-state index contributed by atoms with van der Waals surface area (Å²) >= 11 is 0. The van der Waals surface area contributed by atoms with E-state index in [1.54, 1.807) is 13.0 Å². The molecule has 1 aromatic carbocycles. The van der Waals surface area contributed by atoms with Gasteiger partial charge in [-0.05, 0) is 37.0 Å². The molecule has 3 heteroatoms. The lowest BCUT2D eigenvalue weighted by Gasteiger charge is -2.22. The Labute approximate surface area is 109 Å². The number of anilines is 2. The third kappa shape index (κ3) is 3.37. The van der Waals surface area contributed by atoms with Crippen LogP contribution in [0.1, 0.15) is 44.1 Å². The van der Waals surface area contributed by atoms with Crippen molar-refractivity contribution in [3.8, 4) is 0 Å². The van der Waals surface area contributed by atoms with Crippen LogP contribution in [0.3, 0.4) is 0 Å². The van der Waals surface area contributed by atoms with E-state index in [0.29, 0.717) is 11.3 Å². The van der Waals surface area contributed by atoms with E-state index in [2.05, 4.69) is 5.32 Å². The van der Waals surface area contributed by atoms with Gasteiger partial charge >= 0.3 is 0 Å². The molecule has 0 unspecified atom stereocenters. The standard InChI is InChI=1S/C15H23FN2/c1-11-9-15(14(17)10-13(11)16)18-8-7-12-5-3-2-4-6-12/h9-10,12,18H,2-8,17H2,1H3. The van der Waals surface area contributed by atoms with Crippen molar-refractivity contribution >= 4 is 11.4 Å². The molecule has 2 rings (SSSR count). The summed E-state index contributed by atoms with van der Waals surface area (Å²) in [6.45, 7) is 2.70. The fourth-order valence-corrected chi connectivity index (χ4v) is 2.74. The molecule has 1 aromatic rings. The molecule has 100 valence electrons. The molecule has 0 saturated heterocycles. The molecule has 0 atom stereocenters. The zero-order chi connectivity index (χ0) is 13.0. The van der Waals surface area contributed by atoms with Crippen LogP contribution in [0.5, 0.6) is 0 Å². The van der Waals surface area contributed by atoms with Gasteiger partial charge in [-0.2, -0.15) is 0 Å². The first-order valence-corrected chi connectivity index (χ1v) is 6.96. The minimum absolute atomic E-state index is 0.231. The SMILES string of the molecule is Cc1cc(NCCC2CCCCC2)c(N)cc1F. The molecule has 2 nitrogen and oxygen atoms in total. The monoisotopic (exact) mass is 250 g/mol. The molecule has 1 fully saturated rings. The van der Waals surface area contributed by atoms with Crippen molar-refractivity contribution in [1.82, 2.24) is 0 Å². The summed E-state index contributed by atoms with van der Waals surface area (Å²) in [5.74, 6) is 0.624. The van der Waals surface area contributed by atoms with Gasteiger partial charge in [-0.25, -0.2) is 4.39 Å². The van der Waals surface area contributed by atoms with E-state index in [4.69, 9.17) is 5.73 Å². The number of nitrogens with one attached hydrogen (secondary N) is 1. The molecule has 3 N–H and O–H groups in total. The maximum absolute atomic E-state index is 13.3. The number of nitrogen functional groups attached to an aromatic ring is 1. The van der Waals surface area contributed by atoms with Gasteiger partial charge < -0.3 is 11.1 Å². The number of hydrogen-bond acceptors (Lipinski definition) is 2. The van der Waals surface area contributed by atoms with Gasteiger partial charge in [0.05, 0.1) is 11.4 Å². The Morgan fingerprint density at radius 1 is 1.28 bits per heavy atom. The van der Waals surface area contributed by atoms with E-state index in [1.165, 1.54) is 44.6 Å². The van der Waals surface area contributed by atoms with Crippen molar-refractivity contribution in [2.75, 3.05) is 17.6 Å². The average molecular weight is 250 g/mol. The fraction of sp³-hybridized carbons (Fsp3) is 0.600. The molecule has 0 heterocycles. The quantitative estimate of drug-likeness (QED) is 0.790. The lowest BCUT2D eigenvalue weighted by molar-refractivity contribution is 0.345. The molecular weight excluding hydrogens is 227 g/mol. The van der Waals surface area contributed by atoms with E-state index in [9.17, 15) is 4.39 Å². The zero-order valence-corrected chi connectivity index (χ0v) is 11.1. The summed E-state index contributed by atoms with van der Waals surface area (Å²) in [4.78, 5) is 0. The lowest BCUT2D eigenvalue weighted by Crippen LogP contribution is -2.13. The summed E-state index contributed by atoms with van der Waals surface area (Å²) in [6.07, 6.45) is 8.06. The molecular formula is C15H23FN2. The van der Waals surface area contributed by atoms with Crippen molar-refractivity contribution in [1.29, 1.82) is 0 Å². The fourth-order valence-electron chi connectivity index (χ4n) is 2.74. The molecule has 18 heavy (non-hydrogen) atoms.